The van der Waals surface area contributed by atoms with Gasteiger partial charge in [-0.25, -0.2) is 13.8 Å². The summed E-state index contributed by atoms with van der Waals surface area (Å²) in [6, 6.07) is 11.7. The highest BCUT2D eigenvalue weighted by molar-refractivity contribution is 6.32. The first-order valence-electron chi connectivity index (χ1n) is 10.8. The Labute approximate surface area is 199 Å². The minimum absolute atomic E-state index is 0.0384. The maximum Gasteiger partial charge on any atom is 0.295 e. The lowest BCUT2D eigenvalue weighted by Crippen LogP contribution is -2.24. The number of para-hydroxylation sites is 1. The van der Waals surface area contributed by atoms with Crippen molar-refractivity contribution < 1.29 is 9.18 Å². The lowest BCUT2D eigenvalue weighted by Gasteiger charge is -2.08. The normalized spacial score (nSPS) is 13.3. The minimum Gasteiger partial charge on any atom is -0.314 e. The van der Waals surface area contributed by atoms with E-state index in [4.69, 9.17) is 11.6 Å². The molecule has 0 bridgehead atoms. The molecule has 8 nitrogen and oxygen atoms in total. The third-order valence-corrected chi connectivity index (χ3v) is 6.53. The molecule has 1 amide bonds. The quantitative estimate of drug-likeness (QED) is 0.461. The van der Waals surface area contributed by atoms with Crippen LogP contribution in [0.1, 0.15) is 46.2 Å². The molecule has 0 radical (unpaired) electrons. The van der Waals surface area contributed by atoms with Crippen LogP contribution in [0.2, 0.25) is 5.02 Å². The highest BCUT2D eigenvalue weighted by Crippen LogP contribution is 2.41. The molecule has 1 N–H and O–H groups in total. The predicted octanol–water partition coefficient (Wildman–Crippen LogP) is 4.30. The summed E-state index contributed by atoms with van der Waals surface area (Å²) in [5.74, 6) is -0.584. The Bertz CT molecular complexity index is 1500. The molecule has 174 valence electrons. The smallest absolute Gasteiger partial charge is 0.295 e. The van der Waals surface area contributed by atoms with Crippen molar-refractivity contribution in [3.8, 4) is 11.4 Å². The van der Waals surface area contributed by atoms with Crippen molar-refractivity contribution in [2.45, 2.75) is 32.6 Å². The molecule has 0 spiro atoms. The fraction of sp³-hybridized carbons (Fsp3) is 0.250. The number of carbonyl (C=O) groups is 1. The zero-order valence-corrected chi connectivity index (χ0v) is 19.6. The maximum atomic E-state index is 14.3. The largest absolute Gasteiger partial charge is 0.314 e. The fourth-order valence-electron chi connectivity index (χ4n) is 4.05. The monoisotopic (exact) mass is 480 g/mol. The molecule has 2 aromatic carbocycles. The van der Waals surface area contributed by atoms with E-state index in [1.807, 2.05) is 18.2 Å². The summed E-state index contributed by atoms with van der Waals surface area (Å²) < 4.78 is 18.5. The third-order valence-electron chi connectivity index (χ3n) is 6.23. The molecule has 2 aromatic heterocycles. The van der Waals surface area contributed by atoms with E-state index in [0.29, 0.717) is 28.0 Å². The standard InChI is InChI=1S/C24H22ClFN6O2/c1-13-22(24(34)32(30(13)3)20-7-5-4-6-18(20)26)27-23(33)21-14(2)31(29-28-21)19-11-10-16(12-17(19)25)15-8-9-15/h4-7,10-12,15H,8-9H2,1-3H3,(H,27,33). The number of benzene rings is 2. The molecule has 1 aliphatic rings. The molecule has 1 aliphatic carbocycles. The Balaban J connectivity index is 1.46. The number of aromatic nitrogens is 5. The molecule has 0 unspecified atom stereocenters. The van der Waals surface area contributed by atoms with Crippen molar-refractivity contribution in [3.63, 3.8) is 0 Å². The van der Waals surface area contributed by atoms with Crippen LogP contribution in [0, 0.1) is 19.7 Å². The van der Waals surface area contributed by atoms with Crippen LogP contribution in [0.3, 0.4) is 0 Å². The first kappa shape index (κ1) is 22.1. The SMILES string of the molecule is Cc1c(C(=O)Nc2c(C)n(C)n(-c3ccccc3F)c2=O)nnn1-c1ccc(C2CC2)cc1Cl. The van der Waals surface area contributed by atoms with Crippen molar-refractivity contribution >= 4 is 23.2 Å². The minimum atomic E-state index is -0.596. The molecular weight excluding hydrogens is 459 g/mol. The molecule has 34 heavy (non-hydrogen) atoms. The first-order chi connectivity index (χ1) is 16.3. The number of hydrogen-bond acceptors (Lipinski definition) is 4. The van der Waals surface area contributed by atoms with Crippen LogP contribution >= 0.6 is 11.6 Å². The van der Waals surface area contributed by atoms with E-state index in [-0.39, 0.29) is 17.1 Å². The molecule has 5 rings (SSSR count). The number of anilines is 1. The van der Waals surface area contributed by atoms with Crippen LogP contribution in [0.4, 0.5) is 10.1 Å². The van der Waals surface area contributed by atoms with Crippen LogP contribution in [-0.4, -0.2) is 30.3 Å². The summed E-state index contributed by atoms with van der Waals surface area (Å²) >= 11 is 6.49. The Hall–Kier alpha value is -3.72. The van der Waals surface area contributed by atoms with E-state index in [1.54, 1.807) is 33.0 Å². The van der Waals surface area contributed by atoms with E-state index in [9.17, 15) is 14.0 Å². The van der Waals surface area contributed by atoms with Crippen LogP contribution in [0.5, 0.6) is 0 Å². The summed E-state index contributed by atoms with van der Waals surface area (Å²) in [6.07, 6.45) is 2.33. The zero-order chi connectivity index (χ0) is 24.1. The Morgan fingerprint density at radius 1 is 1.12 bits per heavy atom. The maximum absolute atomic E-state index is 14.3. The lowest BCUT2D eigenvalue weighted by atomic mass is 10.1. The third kappa shape index (κ3) is 3.62. The molecule has 1 fully saturated rings. The van der Waals surface area contributed by atoms with Gasteiger partial charge in [-0.05, 0) is 62.4 Å². The summed E-state index contributed by atoms with van der Waals surface area (Å²) in [5.41, 5.74) is 2.38. The van der Waals surface area contributed by atoms with Gasteiger partial charge in [-0.3, -0.25) is 14.3 Å². The van der Waals surface area contributed by atoms with E-state index in [2.05, 4.69) is 15.6 Å². The molecule has 10 heteroatoms. The van der Waals surface area contributed by atoms with E-state index in [0.717, 1.165) is 0 Å². The van der Waals surface area contributed by atoms with Crippen molar-refractivity contribution in [2.75, 3.05) is 5.32 Å². The van der Waals surface area contributed by atoms with Gasteiger partial charge >= 0.3 is 0 Å². The second-order valence-corrected chi connectivity index (χ2v) is 8.83. The van der Waals surface area contributed by atoms with Gasteiger partial charge < -0.3 is 5.32 Å². The van der Waals surface area contributed by atoms with Gasteiger partial charge in [-0.1, -0.05) is 35.0 Å². The molecule has 4 aromatic rings. The number of nitrogens with one attached hydrogen (secondary N) is 1. The summed E-state index contributed by atoms with van der Waals surface area (Å²) in [6.45, 7) is 3.37. The van der Waals surface area contributed by atoms with Gasteiger partial charge in [-0.2, -0.15) is 0 Å². The Morgan fingerprint density at radius 2 is 1.85 bits per heavy atom. The lowest BCUT2D eigenvalue weighted by molar-refractivity contribution is 0.102. The highest BCUT2D eigenvalue weighted by atomic mass is 35.5. The summed E-state index contributed by atoms with van der Waals surface area (Å²) in [4.78, 5) is 26.1. The van der Waals surface area contributed by atoms with Gasteiger partial charge in [0.1, 0.15) is 17.2 Å². The molecule has 2 heterocycles. The number of rotatable bonds is 5. The average molecular weight is 481 g/mol. The zero-order valence-electron chi connectivity index (χ0n) is 18.8. The van der Waals surface area contributed by atoms with Crippen LogP contribution < -0.4 is 10.9 Å². The van der Waals surface area contributed by atoms with Gasteiger partial charge in [0.25, 0.3) is 11.5 Å². The van der Waals surface area contributed by atoms with Crippen molar-refractivity contribution in [1.29, 1.82) is 0 Å². The summed E-state index contributed by atoms with van der Waals surface area (Å²) in [7, 11) is 1.62. The Morgan fingerprint density at radius 3 is 2.53 bits per heavy atom. The molecular formula is C24H22ClFN6O2. The van der Waals surface area contributed by atoms with Crippen molar-refractivity contribution in [2.24, 2.45) is 7.05 Å². The van der Waals surface area contributed by atoms with Crippen LogP contribution in [0.15, 0.2) is 47.3 Å². The fourth-order valence-corrected chi connectivity index (χ4v) is 4.32. The number of hydrogen-bond donors (Lipinski definition) is 1. The molecule has 1 saturated carbocycles. The topological polar surface area (TPSA) is 86.7 Å². The van der Waals surface area contributed by atoms with Crippen LogP contribution in [0.25, 0.3) is 11.4 Å². The van der Waals surface area contributed by atoms with Gasteiger partial charge in [-0.15, -0.1) is 5.10 Å². The van der Waals surface area contributed by atoms with Gasteiger partial charge in [0.2, 0.25) is 0 Å². The molecule has 0 aliphatic heterocycles. The van der Waals surface area contributed by atoms with Gasteiger partial charge in [0, 0.05) is 7.05 Å². The average Bonchev–Trinajstić information content (AvgIpc) is 3.56. The van der Waals surface area contributed by atoms with E-state index >= 15 is 0 Å². The Kier molecular flexibility index (Phi) is 5.36. The molecule has 0 atom stereocenters. The van der Waals surface area contributed by atoms with E-state index < -0.39 is 17.3 Å². The van der Waals surface area contributed by atoms with Crippen LogP contribution in [-0.2, 0) is 7.05 Å². The highest BCUT2D eigenvalue weighted by Gasteiger charge is 2.26. The van der Waals surface area contributed by atoms with Crippen molar-refractivity contribution in [3.05, 3.63) is 86.3 Å². The predicted molar refractivity (Wildman–Crippen MR) is 127 cm³/mol. The second kappa shape index (κ2) is 8.25. The number of halogens is 2. The van der Waals surface area contributed by atoms with Gasteiger partial charge in [0.15, 0.2) is 5.69 Å². The summed E-state index contributed by atoms with van der Waals surface area (Å²) in [5, 5.41) is 11.3. The van der Waals surface area contributed by atoms with E-state index in [1.165, 1.54) is 44.6 Å². The second-order valence-electron chi connectivity index (χ2n) is 8.43. The molecule has 0 saturated heterocycles. The first-order valence-corrected chi connectivity index (χ1v) is 11.2. The van der Waals surface area contributed by atoms with Crippen molar-refractivity contribution in [1.82, 2.24) is 24.4 Å². The number of amides is 1. The number of nitrogens with zero attached hydrogens (tertiary/aromatic N) is 5. The number of carbonyl (C=O) groups excluding carboxylic acids is 1. The van der Waals surface area contributed by atoms with Gasteiger partial charge in [0.05, 0.1) is 22.1 Å².